The van der Waals surface area contributed by atoms with Crippen molar-refractivity contribution in [3.05, 3.63) is 0 Å². The topological polar surface area (TPSA) is 24.5 Å². The summed E-state index contributed by atoms with van der Waals surface area (Å²) in [5, 5.41) is 3.62. The molecule has 0 saturated carbocycles. The van der Waals surface area contributed by atoms with Crippen LogP contribution < -0.4 is 5.32 Å². The van der Waals surface area contributed by atoms with Gasteiger partial charge >= 0.3 is 0 Å². The second-order valence-electron chi connectivity index (χ2n) is 6.22. The molecule has 2 heterocycles. The fourth-order valence-corrected chi connectivity index (χ4v) is 2.98. The largest absolute Gasteiger partial charge is 0.378 e. The number of hydrogen-bond donors (Lipinski definition) is 1. The van der Waals surface area contributed by atoms with Gasteiger partial charge in [-0.05, 0) is 59.0 Å². The van der Waals surface area contributed by atoms with Gasteiger partial charge in [-0.15, -0.1) is 0 Å². The van der Waals surface area contributed by atoms with E-state index in [1.54, 1.807) is 0 Å². The van der Waals surface area contributed by atoms with Gasteiger partial charge in [0.05, 0.1) is 6.10 Å². The molecule has 1 atom stereocenters. The highest BCUT2D eigenvalue weighted by Crippen LogP contribution is 2.17. The van der Waals surface area contributed by atoms with Crippen LogP contribution in [0.4, 0.5) is 0 Å². The first-order valence-corrected chi connectivity index (χ1v) is 7.25. The molecule has 0 aliphatic carbocycles. The Labute approximate surface area is 106 Å². The zero-order chi connectivity index (χ0) is 12.1. The molecule has 0 spiro atoms. The SMILES string of the molecule is CC1(C)CN(CCC2CCCCO2)CCCN1. The number of nitrogens with one attached hydrogen (secondary N) is 1. The van der Waals surface area contributed by atoms with Gasteiger partial charge in [0.25, 0.3) is 0 Å². The fourth-order valence-electron chi connectivity index (χ4n) is 2.98. The molecule has 2 aliphatic rings. The van der Waals surface area contributed by atoms with Crippen LogP contribution >= 0.6 is 0 Å². The lowest BCUT2D eigenvalue weighted by Crippen LogP contribution is -2.46. The Kier molecular flexibility index (Phi) is 4.83. The van der Waals surface area contributed by atoms with Crippen LogP contribution in [0.1, 0.15) is 46.0 Å². The molecule has 3 nitrogen and oxygen atoms in total. The van der Waals surface area contributed by atoms with E-state index in [4.69, 9.17) is 4.74 Å². The standard InChI is InChI=1S/C14H28N2O/c1-14(2)12-16(9-5-8-15-14)10-7-13-6-3-4-11-17-13/h13,15H,3-12H2,1-2H3. The molecule has 1 N–H and O–H groups in total. The smallest absolute Gasteiger partial charge is 0.0587 e. The van der Waals surface area contributed by atoms with E-state index in [-0.39, 0.29) is 5.54 Å². The maximum atomic E-state index is 5.81. The third kappa shape index (κ3) is 4.57. The van der Waals surface area contributed by atoms with Crippen molar-refractivity contribution in [1.29, 1.82) is 0 Å². The lowest BCUT2D eigenvalue weighted by molar-refractivity contribution is 0.00490. The van der Waals surface area contributed by atoms with Gasteiger partial charge in [0.1, 0.15) is 0 Å². The van der Waals surface area contributed by atoms with E-state index >= 15 is 0 Å². The molecule has 0 aromatic carbocycles. The van der Waals surface area contributed by atoms with Gasteiger partial charge in [0, 0.05) is 25.2 Å². The van der Waals surface area contributed by atoms with Gasteiger partial charge in [-0.2, -0.15) is 0 Å². The zero-order valence-corrected chi connectivity index (χ0v) is 11.5. The molecule has 0 aromatic rings. The van der Waals surface area contributed by atoms with Crippen LogP contribution in [0.3, 0.4) is 0 Å². The van der Waals surface area contributed by atoms with E-state index in [1.807, 2.05) is 0 Å². The van der Waals surface area contributed by atoms with E-state index in [0.717, 1.165) is 13.2 Å². The van der Waals surface area contributed by atoms with Crippen LogP contribution in [0.15, 0.2) is 0 Å². The minimum absolute atomic E-state index is 0.268. The van der Waals surface area contributed by atoms with E-state index in [9.17, 15) is 0 Å². The van der Waals surface area contributed by atoms with Crippen LogP contribution in [-0.2, 0) is 4.74 Å². The summed E-state index contributed by atoms with van der Waals surface area (Å²) in [7, 11) is 0. The highest BCUT2D eigenvalue weighted by molar-refractivity contribution is 4.85. The van der Waals surface area contributed by atoms with Crippen molar-refractivity contribution in [2.75, 3.05) is 32.8 Å². The van der Waals surface area contributed by atoms with Crippen LogP contribution in [0.5, 0.6) is 0 Å². The van der Waals surface area contributed by atoms with E-state index < -0.39 is 0 Å². The summed E-state index contributed by atoms with van der Waals surface area (Å²) in [5.74, 6) is 0. The minimum Gasteiger partial charge on any atom is -0.378 e. The Morgan fingerprint density at radius 2 is 2.18 bits per heavy atom. The molecule has 100 valence electrons. The molecule has 0 radical (unpaired) electrons. The molecular formula is C14H28N2O. The summed E-state index contributed by atoms with van der Waals surface area (Å²) >= 11 is 0. The van der Waals surface area contributed by atoms with Gasteiger partial charge in [-0.1, -0.05) is 0 Å². The molecule has 2 fully saturated rings. The van der Waals surface area contributed by atoms with Crippen molar-refractivity contribution in [2.45, 2.75) is 57.6 Å². The Morgan fingerprint density at radius 1 is 1.29 bits per heavy atom. The summed E-state index contributed by atoms with van der Waals surface area (Å²) in [4.78, 5) is 2.61. The molecule has 2 rings (SSSR count). The molecular weight excluding hydrogens is 212 g/mol. The van der Waals surface area contributed by atoms with Crippen molar-refractivity contribution in [2.24, 2.45) is 0 Å². The first-order chi connectivity index (χ1) is 8.16. The normalized spacial score (nSPS) is 31.1. The van der Waals surface area contributed by atoms with Crippen molar-refractivity contribution in [3.63, 3.8) is 0 Å². The van der Waals surface area contributed by atoms with Gasteiger partial charge < -0.3 is 15.0 Å². The Morgan fingerprint density at radius 3 is 2.94 bits per heavy atom. The van der Waals surface area contributed by atoms with Crippen molar-refractivity contribution >= 4 is 0 Å². The fraction of sp³-hybridized carbons (Fsp3) is 1.00. The van der Waals surface area contributed by atoms with Crippen LogP contribution in [-0.4, -0.2) is 49.3 Å². The van der Waals surface area contributed by atoms with Gasteiger partial charge in [0.2, 0.25) is 0 Å². The van der Waals surface area contributed by atoms with Crippen LogP contribution in [0, 0.1) is 0 Å². The number of ether oxygens (including phenoxy) is 1. The Balaban J connectivity index is 1.73. The number of rotatable bonds is 3. The molecule has 0 bridgehead atoms. The van der Waals surface area contributed by atoms with Crippen molar-refractivity contribution in [1.82, 2.24) is 10.2 Å². The van der Waals surface area contributed by atoms with Crippen molar-refractivity contribution < 1.29 is 4.74 Å². The minimum atomic E-state index is 0.268. The summed E-state index contributed by atoms with van der Waals surface area (Å²) in [5.41, 5.74) is 0.268. The molecule has 0 aromatic heterocycles. The summed E-state index contributed by atoms with van der Waals surface area (Å²) in [6, 6.07) is 0. The van der Waals surface area contributed by atoms with Crippen LogP contribution in [0.25, 0.3) is 0 Å². The second kappa shape index (κ2) is 6.17. The third-order valence-corrected chi connectivity index (χ3v) is 3.91. The van der Waals surface area contributed by atoms with Gasteiger partial charge in [-0.3, -0.25) is 0 Å². The average Bonchev–Trinajstić information content (AvgIpc) is 2.49. The van der Waals surface area contributed by atoms with E-state index in [1.165, 1.54) is 51.7 Å². The molecule has 0 amide bonds. The maximum Gasteiger partial charge on any atom is 0.0587 e. The average molecular weight is 240 g/mol. The molecule has 3 heteroatoms. The summed E-state index contributed by atoms with van der Waals surface area (Å²) < 4.78 is 5.81. The Hall–Kier alpha value is -0.120. The third-order valence-electron chi connectivity index (χ3n) is 3.91. The van der Waals surface area contributed by atoms with Gasteiger partial charge in [0.15, 0.2) is 0 Å². The van der Waals surface area contributed by atoms with E-state index in [2.05, 4.69) is 24.1 Å². The highest BCUT2D eigenvalue weighted by atomic mass is 16.5. The number of nitrogens with zero attached hydrogens (tertiary/aromatic N) is 1. The maximum absolute atomic E-state index is 5.81. The number of hydrogen-bond acceptors (Lipinski definition) is 3. The molecule has 2 saturated heterocycles. The summed E-state index contributed by atoms with van der Waals surface area (Å²) in [6.45, 7) is 10.4. The first-order valence-electron chi connectivity index (χ1n) is 7.25. The van der Waals surface area contributed by atoms with Crippen molar-refractivity contribution in [3.8, 4) is 0 Å². The zero-order valence-electron chi connectivity index (χ0n) is 11.5. The summed E-state index contributed by atoms with van der Waals surface area (Å²) in [6.07, 6.45) is 6.91. The Bertz CT molecular complexity index is 224. The predicted molar refractivity (Wildman–Crippen MR) is 71.3 cm³/mol. The van der Waals surface area contributed by atoms with Crippen LogP contribution in [0.2, 0.25) is 0 Å². The molecule has 17 heavy (non-hydrogen) atoms. The quantitative estimate of drug-likeness (QED) is 0.817. The van der Waals surface area contributed by atoms with E-state index in [0.29, 0.717) is 6.10 Å². The second-order valence-corrected chi connectivity index (χ2v) is 6.22. The highest BCUT2D eigenvalue weighted by Gasteiger charge is 2.24. The molecule has 2 aliphatic heterocycles. The first kappa shape index (κ1) is 13.3. The molecule has 1 unspecified atom stereocenters. The monoisotopic (exact) mass is 240 g/mol. The lowest BCUT2D eigenvalue weighted by Gasteiger charge is -2.31. The predicted octanol–water partition coefficient (Wildman–Crippen LogP) is 2.02. The van der Waals surface area contributed by atoms with Gasteiger partial charge in [-0.25, -0.2) is 0 Å². The lowest BCUT2D eigenvalue weighted by atomic mass is 10.0.